The molecule has 2 atom stereocenters. The third-order valence-electron chi connectivity index (χ3n) is 4.17. The predicted molar refractivity (Wildman–Crippen MR) is 64.4 cm³/mol. The summed E-state index contributed by atoms with van der Waals surface area (Å²) in [6.07, 6.45) is 7.16. The molecular weight excluding hydrogens is 200 g/mol. The molecule has 1 aliphatic heterocycles. The molecule has 0 saturated carbocycles. The van der Waals surface area contributed by atoms with Gasteiger partial charge in [0.2, 0.25) is 0 Å². The van der Waals surface area contributed by atoms with Crippen LogP contribution in [-0.2, 0) is 9.53 Å². The molecule has 90 valence electrons. The summed E-state index contributed by atoms with van der Waals surface area (Å²) in [5.74, 6) is 0.286. The summed E-state index contributed by atoms with van der Waals surface area (Å²) in [5, 5.41) is 0. The molecule has 0 aromatic carbocycles. The van der Waals surface area contributed by atoms with Gasteiger partial charge in [-0.3, -0.25) is 4.79 Å². The summed E-state index contributed by atoms with van der Waals surface area (Å²) in [6, 6.07) is 0. The van der Waals surface area contributed by atoms with E-state index in [4.69, 9.17) is 4.74 Å². The van der Waals surface area contributed by atoms with Crippen molar-refractivity contribution >= 4 is 5.78 Å². The Kier molecular flexibility index (Phi) is 3.20. The monoisotopic (exact) mass is 222 g/mol. The van der Waals surface area contributed by atoms with Crippen LogP contribution in [0.5, 0.6) is 0 Å². The molecule has 1 aliphatic carbocycles. The molecule has 1 fully saturated rings. The second-order valence-electron chi connectivity index (χ2n) is 5.20. The Morgan fingerprint density at radius 2 is 2.06 bits per heavy atom. The number of hydrogen-bond donors (Lipinski definition) is 0. The molecule has 1 saturated heterocycles. The molecule has 2 nitrogen and oxygen atoms in total. The second kappa shape index (κ2) is 4.33. The van der Waals surface area contributed by atoms with Crippen LogP contribution in [0.25, 0.3) is 0 Å². The van der Waals surface area contributed by atoms with Crippen molar-refractivity contribution in [3.05, 3.63) is 11.1 Å². The Morgan fingerprint density at radius 1 is 1.31 bits per heavy atom. The van der Waals surface area contributed by atoms with Crippen molar-refractivity contribution in [3.8, 4) is 0 Å². The van der Waals surface area contributed by atoms with E-state index in [1.165, 1.54) is 31.3 Å². The van der Waals surface area contributed by atoms with Crippen LogP contribution in [0.15, 0.2) is 11.1 Å². The highest BCUT2D eigenvalue weighted by Gasteiger charge is 2.61. The fourth-order valence-corrected chi connectivity index (χ4v) is 2.78. The molecule has 1 spiro atoms. The van der Waals surface area contributed by atoms with Crippen molar-refractivity contribution in [2.75, 3.05) is 0 Å². The second-order valence-corrected chi connectivity index (χ2v) is 5.20. The Labute approximate surface area is 98.1 Å². The molecule has 0 aromatic rings. The quantitative estimate of drug-likeness (QED) is 0.527. The third-order valence-corrected chi connectivity index (χ3v) is 4.17. The van der Waals surface area contributed by atoms with E-state index in [0.717, 1.165) is 12.0 Å². The summed E-state index contributed by atoms with van der Waals surface area (Å²) >= 11 is 0. The highest BCUT2D eigenvalue weighted by atomic mass is 16.6. The highest BCUT2D eigenvalue weighted by Crippen LogP contribution is 2.53. The van der Waals surface area contributed by atoms with Crippen LogP contribution in [-0.4, -0.2) is 17.5 Å². The smallest absolute Gasteiger partial charge is 0.161 e. The van der Waals surface area contributed by atoms with Gasteiger partial charge in [0, 0.05) is 6.42 Å². The van der Waals surface area contributed by atoms with Gasteiger partial charge in [0.1, 0.15) is 5.60 Å². The van der Waals surface area contributed by atoms with Crippen LogP contribution < -0.4 is 0 Å². The van der Waals surface area contributed by atoms with Crippen molar-refractivity contribution < 1.29 is 9.53 Å². The Hall–Kier alpha value is -0.630. The number of ketones is 1. The van der Waals surface area contributed by atoms with E-state index >= 15 is 0 Å². The molecule has 0 radical (unpaired) electrons. The molecule has 0 unspecified atom stereocenters. The Bertz CT molecular complexity index is 330. The minimum atomic E-state index is -0.159. The average molecular weight is 222 g/mol. The van der Waals surface area contributed by atoms with Crippen LogP contribution in [0.3, 0.4) is 0 Å². The SMILES string of the molecule is CCCCCC[C@H]1O[C@@]12CC(=O)C(C)=C2C. The van der Waals surface area contributed by atoms with Gasteiger partial charge in [-0.1, -0.05) is 32.6 Å². The van der Waals surface area contributed by atoms with Gasteiger partial charge in [0.25, 0.3) is 0 Å². The number of rotatable bonds is 5. The van der Waals surface area contributed by atoms with Crippen molar-refractivity contribution in [1.29, 1.82) is 0 Å². The zero-order chi connectivity index (χ0) is 11.8. The van der Waals surface area contributed by atoms with E-state index in [1.54, 1.807) is 0 Å². The van der Waals surface area contributed by atoms with Gasteiger partial charge in [-0.05, 0) is 31.4 Å². The van der Waals surface area contributed by atoms with E-state index in [0.29, 0.717) is 12.5 Å². The van der Waals surface area contributed by atoms with Gasteiger partial charge in [0.15, 0.2) is 5.78 Å². The molecule has 0 N–H and O–H groups in total. The van der Waals surface area contributed by atoms with Gasteiger partial charge >= 0.3 is 0 Å². The summed E-state index contributed by atoms with van der Waals surface area (Å²) in [6.45, 7) is 6.22. The lowest BCUT2D eigenvalue weighted by molar-refractivity contribution is -0.115. The van der Waals surface area contributed by atoms with Gasteiger partial charge in [-0.15, -0.1) is 0 Å². The van der Waals surface area contributed by atoms with Gasteiger partial charge < -0.3 is 4.74 Å². The highest BCUT2D eigenvalue weighted by molar-refractivity contribution is 6.00. The van der Waals surface area contributed by atoms with Crippen molar-refractivity contribution in [1.82, 2.24) is 0 Å². The number of epoxide rings is 1. The van der Waals surface area contributed by atoms with Crippen LogP contribution >= 0.6 is 0 Å². The van der Waals surface area contributed by atoms with Crippen LogP contribution in [0, 0.1) is 0 Å². The molecule has 2 aliphatic rings. The van der Waals surface area contributed by atoms with Crippen molar-refractivity contribution in [2.24, 2.45) is 0 Å². The first-order chi connectivity index (χ1) is 7.62. The maximum absolute atomic E-state index is 11.6. The average Bonchev–Trinajstić information content (AvgIpc) is 2.92. The van der Waals surface area contributed by atoms with Gasteiger partial charge in [0.05, 0.1) is 6.10 Å². The number of ether oxygens (including phenoxy) is 1. The number of allylic oxidation sites excluding steroid dienone is 1. The Balaban J connectivity index is 1.84. The van der Waals surface area contributed by atoms with Gasteiger partial charge in [-0.25, -0.2) is 0 Å². The molecule has 2 heteroatoms. The predicted octanol–water partition coefficient (Wildman–Crippen LogP) is 3.40. The zero-order valence-electron chi connectivity index (χ0n) is 10.6. The first-order valence-corrected chi connectivity index (χ1v) is 6.51. The number of hydrogen-bond acceptors (Lipinski definition) is 2. The number of Topliss-reactive ketones (excluding diaryl/α,β-unsaturated/α-hetero) is 1. The van der Waals surface area contributed by atoms with E-state index in [1.807, 2.05) is 6.92 Å². The topological polar surface area (TPSA) is 29.6 Å². The molecule has 1 heterocycles. The first-order valence-electron chi connectivity index (χ1n) is 6.51. The largest absolute Gasteiger partial charge is 0.361 e. The molecule has 0 aromatic heterocycles. The van der Waals surface area contributed by atoms with E-state index in [9.17, 15) is 4.79 Å². The number of carbonyl (C=O) groups is 1. The fraction of sp³-hybridized carbons (Fsp3) is 0.786. The van der Waals surface area contributed by atoms with Crippen LogP contribution in [0.1, 0.15) is 59.3 Å². The molecule has 0 amide bonds. The summed E-state index contributed by atoms with van der Waals surface area (Å²) in [7, 11) is 0. The lowest BCUT2D eigenvalue weighted by atomic mass is 9.94. The molecule has 2 rings (SSSR count). The zero-order valence-corrected chi connectivity index (χ0v) is 10.6. The normalized spacial score (nSPS) is 32.9. The maximum Gasteiger partial charge on any atom is 0.161 e. The summed E-state index contributed by atoms with van der Waals surface area (Å²) in [5.41, 5.74) is 1.97. The minimum Gasteiger partial charge on any atom is -0.361 e. The van der Waals surface area contributed by atoms with Crippen molar-refractivity contribution in [2.45, 2.75) is 71.0 Å². The Morgan fingerprint density at radius 3 is 2.62 bits per heavy atom. The maximum atomic E-state index is 11.6. The van der Waals surface area contributed by atoms with Crippen molar-refractivity contribution in [3.63, 3.8) is 0 Å². The molecule has 0 bridgehead atoms. The van der Waals surface area contributed by atoms with Crippen LogP contribution in [0.4, 0.5) is 0 Å². The third kappa shape index (κ3) is 1.84. The fourth-order valence-electron chi connectivity index (χ4n) is 2.78. The first kappa shape index (κ1) is 11.8. The molecular formula is C14H22O2. The van der Waals surface area contributed by atoms with E-state index in [-0.39, 0.29) is 11.4 Å². The lowest BCUT2D eigenvalue weighted by Crippen LogP contribution is -2.14. The summed E-state index contributed by atoms with van der Waals surface area (Å²) < 4.78 is 5.82. The summed E-state index contributed by atoms with van der Waals surface area (Å²) in [4.78, 5) is 11.6. The van der Waals surface area contributed by atoms with Gasteiger partial charge in [-0.2, -0.15) is 0 Å². The van der Waals surface area contributed by atoms with Crippen LogP contribution in [0.2, 0.25) is 0 Å². The van der Waals surface area contributed by atoms with E-state index in [2.05, 4.69) is 13.8 Å². The standard InChI is InChI=1S/C14H22O2/c1-4-5-6-7-8-13-14(16-13)9-12(15)10(2)11(14)3/h13H,4-9H2,1-3H3/t13-,14-/m1/s1. The molecule has 16 heavy (non-hydrogen) atoms. The minimum absolute atomic E-state index is 0.159. The van der Waals surface area contributed by atoms with E-state index < -0.39 is 0 Å². The number of unbranched alkanes of at least 4 members (excludes halogenated alkanes) is 3. The number of carbonyl (C=O) groups excluding carboxylic acids is 1. The lowest BCUT2D eigenvalue weighted by Gasteiger charge is -2.04.